The Morgan fingerprint density at radius 2 is 2.04 bits per heavy atom. The second kappa shape index (κ2) is 8.70. The molecule has 132 valence electrons. The van der Waals surface area contributed by atoms with Crippen LogP contribution < -0.4 is 0 Å². The predicted octanol–water partition coefficient (Wildman–Crippen LogP) is 3.42. The fraction of sp³-hybridized carbons (Fsp3) is 0.450. The minimum atomic E-state index is -0.193. The molecular weight excluding hydrogens is 317 g/mol. The van der Waals surface area contributed by atoms with E-state index >= 15 is 0 Å². The van der Waals surface area contributed by atoms with E-state index in [1.165, 1.54) is 12.1 Å². The fourth-order valence-corrected chi connectivity index (χ4v) is 3.40. The number of hydrogen-bond donors (Lipinski definition) is 0. The number of amides is 1. The van der Waals surface area contributed by atoms with Crippen molar-refractivity contribution in [3.05, 3.63) is 59.9 Å². The van der Waals surface area contributed by atoms with Gasteiger partial charge in [0.1, 0.15) is 5.82 Å². The van der Waals surface area contributed by atoms with Gasteiger partial charge in [-0.15, -0.1) is 0 Å². The number of likely N-dealkylation sites (tertiary alicyclic amines) is 1. The second-order valence-corrected chi connectivity index (χ2v) is 6.71. The van der Waals surface area contributed by atoms with Crippen LogP contribution in [0.15, 0.2) is 42.9 Å². The molecular formula is C20H24FN3O. The molecule has 1 fully saturated rings. The van der Waals surface area contributed by atoms with Crippen molar-refractivity contribution in [1.82, 2.24) is 14.9 Å². The Morgan fingerprint density at radius 3 is 2.80 bits per heavy atom. The molecule has 1 aromatic heterocycles. The second-order valence-electron chi connectivity index (χ2n) is 6.71. The zero-order valence-corrected chi connectivity index (χ0v) is 14.4. The highest BCUT2D eigenvalue weighted by atomic mass is 19.1. The van der Waals surface area contributed by atoms with Crippen LogP contribution in [0.5, 0.6) is 0 Å². The van der Waals surface area contributed by atoms with E-state index in [0.717, 1.165) is 50.0 Å². The van der Waals surface area contributed by atoms with E-state index in [9.17, 15) is 9.18 Å². The molecule has 25 heavy (non-hydrogen) atoms. The van der Waals surface area contributed by atoms with Gasteiger partial charge < -0.3 is 4.90 Å². The van der Waals surface area contributed by atoms with Crippen LogP contribution in [-0.4, -0.2) is 33.9 Å². The van der Waals surface area contributed by atoms with Crippen LogP contribution in [0.1, 0.15) is 36.9 Å². The van der Waals surface area contributed by atoms with Gasteiger partial charge in [0.15, 0.2) is 0 Å². The quantitative estimate of drug-likeness (QED) is 0.809. The number of hydrogen-bond acceptors (Lipinski definition) is 3. The van der Waals surface area contributed by atoms with Crippen molar-refractivity contribution in [3.63, 3.8) is 0 Å². The standard InChI is InChI=1S/C20H24FN3O/c21-18-7-5-16(6-8-18)3-4-17-2-1-13-24(15-17)20(25)10-9-19-14-22-11-12-23-19/h5-8,11-12,14,17H,1-4,9-10,13,15H2/t17-/m1/s1. The van der Waals surface area contributed by atoms with E-state index in [-0.39, 0.29) is 11.7 Å². The zero-order chi connectivity index (χ0) is 17.5. The number of piperidine rings is 1. The number of benzene rings is 1. The number of carbonyl (C=O) groups is 1. The lowest BCUT2D eigenvalue weighted by atomic mass is 9.91. The van der Waals surface area contributed by atoms with Gasteiger partial charge in [0.05, 0.1) is 5.69 Å². The molecule has 0 saturated carbocycles. The maximum absolute atomic E-state index is 13.0. The molecule has 0 N–H and O–H groups in total. The monoisotopic (exact) mass is 341 g/mol. The molecule has 1 aliphatic heterocycles. The van der Waals surface area contributed by atoms with Gasteiger partial charge in [-0.25, -0.2) is 4.39 Å². The molecule has 0 spiro atoms. The molecule has 2 heterocycles. The van der Waals surface area contributed by atoms with Gasteiger partial charge in [-0.2, -0.15) is 0 Å². The Kier molecular flexibility index (Phi) is 6.09. The van der Waals surface area contributed by atoms with Gasteiger partial charge in [0.2, 0.25) is 5.91 Å². The molecule has 4 nitrogen and oxygen atoms in total. The van der Waals surface area contributed by atoms with Crippen molar-refractivity contribution in [1.29, 1.82) is 0 Å². The topological polar surface area (TPSA) is 46.1 Å². The molecule has 0 aliphatic carbocycles. The Labute approximate surface area is 148 Å². The van der Waals surface area contributed by atoms with E-state index in [4.69, 9.17) is 0 Å². The highest BCUT2D eigenvalue weighted by molar-refractivity contribution is 5.76. The predicted molar refractivity (Wildman–Crippen MR) is 94.4 cm³/mol. The summed E-state index contributed by atoms with van der Waals surface area (Å²) in [4.78, 5) is 22.7. The van der Waals surface area contributed by atoms with Crippen LogP contribution in [0.25, 0.3) is 0 Å². The molecule has 0 radical (unpaired) electrons. The summed E-state index contributed by atoms with van der Waals surface area (Å²) in [5.41, 5.74) is 2.02. The van der Waals surface area contributed by atoms with E-state index < -0.39 is 0 Å². The van der Waals surface area contributed by atoms with E-state index in [1.54, 1.807) is 18.6 Å². The van der Waals surface area contributed by atoms with Crippen LogP contribution in [0.3, 0.4) is 0 Å². The lowest BCUT2D eigenvalue weighted by molar-refractivity contribution is -0.133. The van der Waals surface area contributed by atoms with Gasteiger partial charge in [0.25, 0.3) is 0 Å². The van der Waals surface area contributed by atoms with Crippen molar-refractivity contribution in [2.45, 2.75) is 38.5 Å². The molecule has 3 rings (SSSR count). The first-order valence-electron chi connectivity index (χ1n) is 8.98. The number of aromatic nitrogens is 2. The Hall–Kier alpha value is -2.30. The largest absolute Gasteiger partial charge is 0.342 e. The summed E-state index contributed by atoms with van der Waals surface area (Å²) >= 11 is 0. The maximum atomic E-state index is 13.0. The SMILES string of the molecule is O=C(CCc1cnccn1)N1CCC[C@H](CCc2ccc(F)cc2)C1. The third-order valence-electron chi connectivity index (χ3n) is 4.84. The van der Waals surface area contributed by atoms with E-state index in [2.05, 4.69) is 9.97 Å². The number of nitrogens with zero attached hydrogens (tertiary/aromatic N) is 3. The molecule has 0 unspecified atom stereocenters. The van der Waals surface area contributed by atoms with E-state index in [0.29, 0.717) is 18.8 Å². The van der Waals surface area contributed by atoms with Crippen molar-refractivity contribution in [2.75, 3.05) is 13.1 Å². The average molecular weight is 341 g/mol. The highest BCUT2D eigenvalue weighted by Crippen LogP contribution is 2.22. The summed E-state index contributed by atoms with van der Waals surface area (Å²) in [5, 5.41) is 0. The summed E-state index contributed by atoms with van der Waals surface area (Å²) in [7, 11) is 0. The third-order valence-corrected chi connectivity index (χ3v) is 4.84. The van der Waals surface area contributed by atoms with Gasteiger partial charge in [0, 0.05) is 38.1 Å². The molecule has 2 aromatic rings. The lowest BCUT2D eigenvalue weighted by Gasteiger charge is -2.33. The van der Waals surface area contributed by atoms with Crippen LogP contribution in [-0.2, 0) is 17.6 Å². The van der Waals surface area contributed by atoms with Crippen LogP contribution in [0, 0.1) is 11.7 Å². The van der Waals surface area contributed by atoms with Gasteiger partial charge in [-0.1, -0.05) is 12.1 Å². The number of aryl methyl sites for hydroxylation is 2. The third kappa shape index (κ3) is 5.34. The molecule has 1 aliphatic rings. The highest BCUT2D eigenvalue weighted by Gasteiger charge is 2.23. The number of halogens is 1. The van der Waals surface area contributed by atoms with Crippen LogP contribution in [0.4, 0.5) is 4.39 Å². The zero-order valence-electron chi connectivity index (χ0n) is 14.4. The Balaban J connectivity index is 1.45. The Bertz CT molecular complexity index is 675. The first kappa shape index (κ1) is 17.5. The van der Waals surface area contributed by atoms with Crippen molar-refractivity contribution in [3.8, 4) is 0 Å². The molecule has 5 heteroatoms. The summed E-state index contributed by atoms with van der Waals surface area (Å²) in [6.45, 7) is 1.69. The molecule has 0 bridgehead atoms. The summed E-state index contributed by atoms with van der Waals surface area (Å²) in [5.74, 6) is 0.540. The van der Waals surface area contributed by atoms with Crippen LogP contribution >= 0.6 is 0 Å². The minimum Gasteiger partial charge on any atom is -0.342 e. The number of rotatable bonds is 6. The lowest BCUT2D eigenvalue weighted by Crippen LogP contribution is -2.40. The molecule has 1 atom stereocenters. The maximum Gasteiger partial charge on any atom is 0.222 e. The normalized spacial score (nSPS) is 17.5. The summed E-state index contributed by atoms with van der Waals surface area (Å²) in [6.07, 6.45) is 10.3. The van der Waals surface area contributed by atoms with Crippen molar-refractivity contribution < 1.29 is 9.18 Å². The smallest absolute Gasteiger partial charge is 0.222 e. The van der Waals surface area contributed by atoms with Crippen molar-refractivity contribution in [2.24, 2.45) is 5.92 Å². The van der Waals surface area contributed by atoms with Crippen molar-refractivity contribution >= 4 is 5.91 Å². The van der Waals surface area contributed by atoms with Gasteiger partial charge >= 0.3 is 0 Å². The summed E-state index contributed by atoms with van der Waals surface area (Å²) in [6, 6.07) is 6.72. The first-order valence-corrected chi connectivity index (χ1v) is 8.98. The van der Waals surface area contributed by atoms with Crippen LogP contribution in [0.2, 0.25) is 0 Å². The molecule has 1 amide bonds. The number of carbonyl (C=O) groups excluding carboxylic acids is 1. The summed E-state index contributed by atoms with van der Waals surface area (Å²) < 4.78 is 13.0. The molecule has 1 saturated heterocycles. The van der Waals surface area contributed by atoms with Gasteiger partial charge in [-0.3, -0.25) is 14.8 Å². The Morgan fingerprint density at radius 1 is 1.20 bits per heavy atom. The fourth-order valence-electron chi connectivity index (χ4n) is 3.40. The minimum absolute atomic E-state index is 0.193. The molecule has 1 aromatic carbocycles. The first-order chi connectivity index (χ1) is 12.2. The average Bonchev–Trinajstić information content (AvgIpc) is 2.67. The van der Waals surface area contributed by atoms with E-state index in [1.807, 2.05) is 17.0 Å². The van der Waals surface area contributed by atoms with Gasteiger partial charge in [-0.05, 0) is 55.7 Å².